The third-order valence-electron chi connectivity index (χ3n) is 2.18. The molecule has 0 bridgehead atoms. The third-order valence-corrected chi connectivity index (χ3v) is 2.43. The van der Waals surface area contributed by atoms with Gasteiger partial charge < -0.3 is 10.6 Å². The molecule has 0 amide bonds. The minimum absolute atomic E-state index is 0.706. The first-order valence-corrected chi connectivity index (χ1v) is 5.81. The summed E-state index contributed by atoms with van der Waals surface area (Å²) in [5.41, 5.74) is 2.40. The number of para-hydroxylation sites is 1. The van der Waals surface area contributed by atoms with Gasteiger partial charge in [-0.05, 0) is 36.7 Å². The van der Waals surface area contributed by atoms with E-state index in [9.17, 15) is 0 Å². The molecule has 0 heterocycles. The average Bonchev–Trinajstić information content (AvgIpc) is 2.27. The zero-order chi connectivity index (χ0) is 11.1. The van der Waals surface area contributed by atoms with Gasteiger partial charge >= 0.3 is 0 Å². The lowest BCUT2D eigenvalue weighted by Crippen LogP contribution is -2.29. The normalized spacial score (nSPS) is 9.73. The fourth-order valence-corrected chi connectivity index (χ4v) is 1.57. The van der Waals surface area contributed by atoms with Crippen LogP contribution in [0.5, 0.6) is 0 Å². The number of benzene rings is 1. The number of rotatable bonds is 4. The Hall–Kier alpha value is -1.09. The molecule has 2 N–H and O–H groups in total. The minimum Gasteiger partial charge on any atom is -0.362 e. The predicted octanol–water partition coefficient (Wildman–Crippen LogP) is 2.95. The highest BCUT2D eigenvalue weighted by molar-refractivity contribution is 7.80. The summed E-state index contributed by atoms with van der Waals surface area (Å²) in [6.07, 6.45) is 2.09. The smallest absolute Gasteiger partial charge is 0.170 e. The van der Waals surface area contributed by atoms with Crippen molar-refractivity contribution in [3.63, 3.8) is 0 Å². The van der Waals surface area contributed by atoms with E-state index < -0.39 is 0 Å². The van der Waals surface area contributed by atoms with E-state index in [0.717, 1.165) is 25.1 Å². The average molecular weight is 222 g/mol. The quantitative estimate of drug-likeness (QED) is 0.766. The van der Waals surface area contributed by atoms with Crippen LogP contribution in [0, 0.1) is 0 Å². The first-order chi connectivity index (χ1) is 7.27. The summed E-state index contributed by atoms with van der Waals surface area (Å²) in [5, 5.41) is 7.08. The Morgan fingerprint density at radius 1 is 1.27 bits per heavy atom. The fourth-order valence-electron chi connectivity index (χ4n) is 1.36. The van der Waals surface area contributed by atoms with E-state index in [-0.39, 0.29) is 0 Å². The number of hydrogen-bond acceptors (Lipinski definition) is 1. The molecule has 82 valence electrons. The van der Waals surface area contributed by atoms with Crippen molar-refractivity contribution in [2.24, 2.45) is 0 Å². The molecule has 0 saturated carbocycles. The molecule has 0 spiro atoms. The van der Waals surface area contributed by atoms with Gasteiger partial charge in [-0.1, -0.05) is 32.0 Å². The first-order valence-electron chi connectivity index (χ1n) is 5.40. The molecule has 1 aromatic rings. The van der Waals surface area contributed by atoms with Crippen LogP contribution in [0.25, 0.3) is 0 Å². The van der Waals surface area contributed by atoms with Crippen molar-refractivity contribution in [2.45, 2.75) is 26.7 Å². The maximum Gasteiger partial charge on any atom is 0.170 e. The van der Waals surface area contributed by atoms with Gasteiger partial charge in [0.25, 0.3) is 0 Å². The zero-order valence-electron chi connectivity index (χ0n) is 9.34. The van der Waals surface area contributed by atoms with Gasteiger partial charge in [0.05, 0.1) is 0 Å². The maximum absolute atomic E-state index is 5.19. The van der Waals surface area contributed by atoms with Crippen molar-refractivity contribution >= 4 is 23.0 Å². The molecule has 0 aromatic heterocycles. The number of aryl methyl sites for hydroxylation is 1. The lowest BCUT2D eigenvalue weighted by Gasteiger charge is -2.12. The highest BCUT2D eigenvalue weighted by Crippen LogP contribution is 2.14. The van der Waals surface area contributed by atoms with E-state index in [0.29, 0.717) is 5.11 Å². The second kappa shape index (κ2) is 6.40. The Morgan fingerprint density at radius 2 is 2.00 bits per heavy atom. The van der Waals surface area contributed by atoms with Crippen LogP contribution in [0.15, 0.2) is 24.3 Å². The van der Waals surface area contributed by atoms with Gasteiger partial charge in [0.1, 0.15) is 0 Å². The van der Waals surface area contributed by atoms with E-state index in [1.54, 1.807) is 0 Å². The molecule has 15 heavy (non-hydrogen) atoms. The molecule has 1 aromatic carbocycles. The van der Waals surface area contributed by atoms with E-state index in [1.807, 2.05) is 12.1 Å². The maximum atomic E-state index is 5.19. The van der Waals surface area contributed by atoms with Crippen molar-refractivity contribution in [1.82, 2.24) is 5.32 Å². The van der Waals surface area contributed by atoms with Crippen LogP contribution in [0.2, 0.25) is 0 Å². The molecule has 2 nitrogen and oxygen atoms in total. The van der Waals surface area contributed by atoms with Crippen LogP contribution >= 0.6 is 12.2 Å². The van der Waals surface area contributed by atoms with Crippen LogP contribution in [-0.2, 0) is 6.42 Å². The zero-order valence-corrected chi connectivity index (χ0v) is 10.2. The SMILES string of the molecule is CCCNC(=S)Nc1ccccc1CC. The third kappa shape index (κ3) is 3.88. The van der Waals surface area contributed by atoms with Crippen molar-refractivity contribution in [1.29, 1.82) is 0 Å². The fraction of sp³-hybridized carbons (Fsp3) is 0.417. The summed E-state index contributed by atoms with van der Waals surface area (Å²) in [7, 11) is 0. The van der Waals surface area contributed by atoms with E-state index >= 15 is 0 Å². The summed E-state index contributed by atoms with van der Waals surface area (Å²) in [6.45, 7) is 5.18. The van der Waals surface area contributed by atoms with Gasteiger partial charge in [0.15, 0.2) is 5.11 Å². The number of anilines is 1. The van der Waals surface area contributed by atoms with Gasteiger partial charge in [0, 0.05) is 12.2 Å². The summed E-state index contributed by atoms with van der Waals surface area (Å²) in [6, 6.07) is 8.24. The highest BCUT2D eigenvalue weighted by atomic mass is 32.1. The van der Waals surface area contributed by atoms with Gasteiger partial charge in [0.2, 0.25) is 0 Å². The Bertz CT molecular complexity index is 323. The van der Waals surface area contributed by atoms with Crippen molar-refractivity contribution in [3.8, 4) is 0 Å². The first kappa shape index (κ1) is 12.0. The monoisotopic (exact) mass is 222 g/mol. The van der Waals surface area contributed by atoms with Crippen LogP contribution in [-0.4, -0.2) is 11.7 Å². The lowest BCUT2D eigenvalue weighted by atomic mass is 10.1. The summed E-state index contributed by atoms with van der Waals surface area (Å²) < 4.78 is 0. The molecule has 3 heteroatoms. The minimum atomic E-state index is 0.706. The second-order valence-corrected chi connectivity index (χ2v) is 3.80. The van der Waals surface area contributed by atoms with Crippen LogP contribution in [0.1, 0.15) is 25.8 Å². The molecule has 0 unspecified atom stereocenters. The van der Waals surface area contributed by atoms with Gasteiger partial charge in [-0.3, -0.25) is 0 Å². The molecule has 0 fully saturated rings. The summed E-state index contributed by atoms with van der Waals surface area (Å²) in [4.78, 5) is 0. The number of nitrogens with one attached hydrogen (secondary N) is 2. The standard InChI is InChI=1S/C12H18N2S/c1-3-9-13-12(15)14-11-8-6-5-7-10(11)4-2/h5-8H,3-4,9H2,1-2H3,(H2,13,14,15). The summed E-state index contributed by atoms with van der Waals surface area (Å²) >= 11 is 5.19. The molecule has 0 aliphatic heterocycles. The van der Waals surface area contributed by atoms with Gasteiger partial charge in [-0.25, -0.2) is 0 Å². The molecular weight excluding hydrogens is 204 g/mol. The number of hydrogen-bond donors (Lipinski definition) is 2. The Kier molecular flexibility index (Phi) is 5.12. The lowest BCUT2D eigenvalue weighted by molar-refractivity contribution is 0.846. The molecule has 0 aliphatic rings. The Labute approximate surface area is 97.1 Å². The van der Waals surface area contributed by atoms with Crippen LogP contribution in [0.3, 0.4) is 0 Å². The van der Waals surface area contributed by atoms with Crippen molar-refractivity contribution in [3.05, 3.63) is 29.8 Å². The van der Waals surface area contributed by atoms with Crippen LogP contribution in [0.4, 0.5) is 5.69 Å². The Balaban J connectivity index is 2.59. The highest BCUT2D eigenvalue weighted by Gasteiger charge is 2.00. The second-order valence-electron chi connectivity index (χ2n) is 3.39. The number of thiocarbonyl (C=S) groups is 1. The molecule has 1 rings (SSSR count). The van der Waals surface area contributed by atoms with E-state index in [1.165, 1.54) is 5.56 Å². The van der Waals surface area contributed by atoms with Crippen molar-refractivity contribution in [2.75, 3.05) is 11.9 Å². The topological polar surface area (TPSA) is 24.1 Å². The van der Waals surface area contributed by atoms with Gasteiger partial charge in [-0.15, -0.1) is 0 Å². The molecule has 0 saturated heterocycles. The van der Waals surface area contributed by atoms with Gasteiger partial charge in [-0.2, -0.15) is 0 Å². The van der Waals surface area contributed by atoms with E-state index in [4.69, 9.17) is 12.2 Å². The molecule has 0 aliphatic carbocycles. The molecule has 0 radical (unpaired) electrons. The largest absolute Gasteiger partial charge is 0.362 e. The predicted molar refractivity (Wildman–Crippen MR) is 70.3 cm³/mol. The Morgan fingerprint density at radius 3 is 2.67 bits per heavy atom. The summed E-state index contributed by atoms with van der Waals surface area (Å²) in [5.74, 6) is 0. The van der Waals surface area contributed by atoms with Crippen molar-refractivity contribution < 1.29 is 0 Å². The molecular formula is C12H18N2S. The van der Waals surface area contributed by atoms with Crippen LogP contribution < -0.4 is 10.6 Å². The van der Waals surface area contributed by atoms with E-state index in [2.05, 4.69) is 36.6 Å². The molecule has 0 atom stereocenters.